The van der Waals surface area contributed by atoms with Crippen molar-refractivity contribution in [3.8, 4) is 0 Å². The molecule has 0 heterocycles. The van der Waals surface area contributed by atoms with Crippen molar-refractivity contribution in [2.75, 3.05) is 10.5 Å². The molecule has 1 N–H and O–H groups in total. The summed E-state index contributed by atoms with van der Waals surface area (Å²) in [6.07, 6.45) is 0.925. The van der Waals surface area contributed by atoms with Gasteiger partial charge in [-0.25, -0.2) is 4.21 Å². The first-order valence-corrected chi connectivity index (χ1v) is 7.07. The number of hydrogen-bond donors (Lipinski definition) is 1. The van der Waals surface area contributed by atoms with Crippen molar-refractivity contribution in [3.63, 3.8) is 0 Å². The minimum absolute atomic E-state index is 0.689. The molecule has 15 heavy (non-hydrogen) atoms. The minimum Gasteiger partial charge on any atom is -0.305 e. The van der Waals surface area contributed by atoms with Gasteiger partial charge in [0.1, 0.15) is 11.0 Å². The fourth-order valence-corrected chi connectivity index (χ4v) is 3.13. The highest BCUT2D eigenvalue weighted by Gasteiger charge is 2.06. The molecule has 0 radical (unpaired) electrons. The van der Waals surface area contributed by atoms with Gasteiger partial charge in [0.15, 0.2) is 0 Å². The number of benzene rings is 1. The Morgan fingerprint density at radius 3 is 2.33 bits per heavy atom. The highest BCUT2D eigenvalue weighted by molar-refractivity contribution is 9.10. The molecule has 0 aliphatic rings. The van der Waals surface area contributed by atoms with Gasteiger partial charge in [-0.3, -0.25) is 0 Å². The molecule has 0 amide bonds. The molecular weight excluding hydrogens is 274 g/mol. The molecule has 1 unspecified atom stereocenters. The summed E-state index contributed by atoms with van der Waals surface area (Å²) in [6, 6.07) is 4.05. The first-order valence-electron chi connectivity index (χ1n) is 4.96. The molecule has 0 saturated heterocycles. The van der Waals surface area contributed by atoms with Crippen molar-refractivity contribution in [1.82, 2.24) is 0 Å². The number of hydrogen-bond acceptors (Lipinski definition) is 1. The second kappa shape index (κ2) is 5.66. The first-order chi connectivity index (χ1) is 7.04. The maximum atomic E-state index is 11.6. The highest BCUT2D eigenvalue weighted by atomic mass is 79.9. The van der Waals surface area contributed by atoms with Crippen molar-refractivity contribution >= 4 is 32.6 Å². The normalized spacial score (nSPS) is 12.5. The van der Waals surface area contributed by atoms with Gasteiger partial charge in [0.25, 0.3) is 0 Å². The van der Waals surface area contributed by atoms with Crippen LogP contribution >= 0.6 is 15.9 Å². The van der Waals surface area contributed by atoms with E-state index in [0.717, 1.165) is 27.7 Å². The van der Waals surface area contributed by atoms with Crippen molar-refractivity contribution in [1.29, 1.82) is 0 Å². The molecule has 4 heteroatoms. The Morgan fingerprint density at radius 1 is 1.33 bits per heavy atom. The lowest BCUT2D eigenvalue weighted by atomic mass is 10.1. The summed E-state index contributed by atoms with van der Waals surface area (Å²) in [6.45, 7) is 6.06. The van der Waals surface area contributed by atoms with Crippen LogP contribution in [0.5, 0.6) is 0 Å². The fourth-order valence-electron chi connectivity index (χ4n) is 1.42. The van der Waals surface area contributed by atoms with Crippen LogP contribution in [0.1, 0.15) is 24.5 Å². The molecule has 84 valence electrons. The average molecular weight is 290 g/mol. The molecule has 2 nitrogen and oxygen atoms in total. The van der Waals surface area contributed by atoms with Gasteiger partial charge in [-0.15, -0.1) is 0 Å². The summed E-state index contributed by atoms with van der Waals surface area (Å²) < 4.78 is 15.7. The van der Waals surface area contributed by atoms with E-state index in [1.807, 2.05) is 32.9 Å². The largest absolute Gasteiger partial charge is 0.305 e. The summed E-state index contributed by atoms with van der Waals surface area (Å²) >= 11 is 3.44. The van der Waals surface area contributed by atoms with E-state index >= 15 is 0 Å². The Balaban J connectivity index is 2.90. The van der Waals surface area contributed by atoms with Crippen molar-refractivity contribution in [2.24, 2.45) is 0 Å². The Morgan fingerprint density at radius 2 is 1.87 bits per heavy atom. The SMILES string of the molecule is CCCS(=O)Nc1c(C)cc(Br)cc1C. The van der Waals surface area contributed by atoms with Crippen LogP contribution in [-0.2, 0) is 11.0 Å². The number of nitrogens with one attached hydrogen (secondary N) is 1. The van der Waals surface area contributed by atoms with Crippen molar-refractivity contribution < 1.29 is 4.21 Å². The van der Waals surface area contributed by atoms with E-state index in [2.05, 4.69) is 20.7 Å². The Hall–Kier alpha value is -0.350. The summed E-state index contributed by atoms with van der Waals surface area (Å²) in [5, 5.41) is 0. The van der Waals surface area contributed by atoms with Crippen LogP contribution in [0.15, 0.2) is 16.6 Å². The van der Waals surface area contributed by atoms with Crippen LogP contribution in [-0.4, -0.2) is 9.96 Å². The molecule has 1 aromatic carbocycles. The molecule has 0 aliphatic heterocycles. The number of rotatable bonds is 4. The van der Waals surface area contributed by atoms with E-state index in [1.165, 1.54) is 0 Å². The van der Waals surface area contributed by atoms with E-state index in [9.17, 15) is 4.21 Å². The van der Waals surface area contributed by atoms with Gasteiger partial charge in [-0.1, -0.05) is 22.9 Å². The van der Waals surface area contributed by atoms with Gasteiger partial charge >= 0.3 is 0 Å². The maximum absolute atomic E-state index is 11.6. The van der Waals surface area contributed by atoms with Crippen LogP contribution in [0, 0.1) is 13.8 Å². The van der Waals surface area contributed by atoms with Gasteiger partial charge in [0, 0.05) is 10.2 Å². The number of aryl methyl sites for hydroxylation is 2. The third-order valence-electron chi connectivity index (χ3n) is 2.10. The van der Waals surface area contributed by atoms with Crippen LogP contribution in [0.3, 0.4) is 0 Å². The number of anilines is 1. The Kier molecular flexibility index (Phi) is 4.80. The topological polar surface area (TPSA) is 29.1 Å². The highest BCUT2D eigenvalue weighted by Crippen LogP contribution is 2.25. The van der Waals surface area contributed by atoms with Gasteiger partial charge in [-0.05, 0) is 43.5 Å². The lowest BCUT2D eigenvalue weighted by molar-refractivity contribution is 0.685. The van der Waals surface area contributed by atoms with Crippen LogP contribution < -0.4 is 4.72 Å². The zero-order valence-electron chi connectivity index (χ0n) is 9.26. The summed E-state index contributed by atoms with van der Waals surface area (Å²) in [5.74, 6) is 0.689. The van der Waals surface area contributed by atoms with E-state index in [-0.39, 0.29) is 0 Å². The first kappa shape index (κ1) is 12.7. The van der Waals surface area contributed by atoms with Gasteiger partial charge in [-0.2, -0.15) is 0 Å². The fraction of sp³-hybridized carbons (Fsp3) is 0.455. The Labute approximate surface area is 102 Å². The van der Waals surface area contributed by atoms with Crippen LogP contribution in [0.2, 0.25) is 0 Å². The third kappa shape index (κ3) is 3.61. The van der Waals surface area contributed by atoms with Crippen molar-refractivity contribution in [3.05, 3.63) is 27.7 Å². The maximum Gasteiger partial charge on any atom is 0.117 e. The second-order valence-electron chi connectivity index (χ2n) is 3.57. The van der Waals surface area contributed by atoms with Gasteiger partial charge in [0.05, 0.1) is 5.69 Å². The van der Waals surface area contributed by atoms with Gasteiger partial charge in [0.2, 0.25) is 0 Å². The predicted molar refractivity (Wildman–Crippen MR) is 70.5 cm³/mol. The predicted octanol–water partition coefficient (Wildman–Crippen LogP) is 3.55. The average Bonchev–Trinajstić information content (AvgIpc) is 2.11. The molecule has 0 fully saturated rings. The monoisotopic (exact) mass is 289 g/mol. The Bertz CT molecular complexity index is 356. The molecular formula is C11H16BrNOS. The molecule has 1 aromatic rings. The lowest BCUT2D eigenvalue weighted by Gasteiger charge is -2.12. The smallest absolute Gasteiger partial charge is 0.117 e. The summed E-state index contributed by atoms with van der Waals surface area (Å²) in [5.41, 5.74) is 3.22. The third-order valence-corrected chi connectivity index (χ3v) is 3.77. The molecule has 0 saturated carbocycles. The van der Waals surface area contributed by atoms with Crippen molar-refractivity contribution in [2.45, 2.75) is 27.2 Å². The summed E-state index contributed by atoms with van der Waals surface area (Å²) in [4.78, 5) is 0. The molecule has 0 spiro atoms. The quantitative estimate of drug-likeness (QED) is 0.902. The minimum atomic E-state index is -0.963. The standard InChI is InChI=1S/C11H16BrNOS/c1-4-5-15(14)13-11-8(2)6-10(12)7-9(11)3/h6-7,13H,4-5H2,1-3H3. The molecule has 1 atom stereocenters. The van der Waals surface area contributed by atoms with E-state index in [0.29, 0.717) is 5.75 Å². The van der Waals surface area contributed by atoms with Gasteiger partial charge < -0.3 is 4.72 Å². The molecule has 0 aliphatic carbocycles. The van der Waals surface area contributed by atoms with E-state index in [1.54, 1.807) is 0 Å². The zero-order chi connectivity index (χ0) is 11.4. The van der Waals surface area contributed by atoms with E-state index < -0.39 is 11.0 Å². The lowest BCUT2D eigenvalue weighted by Crippen LogP contribution is -2.10. The molecule has 1 rings (SSSR count). The second-order valence-corrected chi connectivity index (χ2v) is 5.79. The molecule has 0 bridgehead atoms. The molecule has 0 aromatic heterocycles. The van der Waals surface area contributed by atoms with Crippen LogP contribution in [0.4, 0.5) is 5.69 Å². The van der Waals surface area contributed by atoms with Crippen LogP contribution in [0.25, 0.3) is 0 Å². The zero-order valence-corrected chi connectivity index (χ0v) is 11.7. The summed E-state index contributed by atoms with van der Waals surface area (Å²) in [7, 11) is -0.963. The number of halogens is 1. The van der Waals surface area contributed by atoms with E-state index in [4.69, 9.17) is 0 Å².